The lowest BCUT2D eigenvalue weighted by atomic mass is 10.1. The first-order valence-corrected chi connectivity index (χ1v) is 9.62. The molecule has 3 amide bonds. The number of rotatable bonds is 8. The Hall–Kier alpha value is -3.55. The zero-order chi connectivity index (χ0) is 21.5. The maximum Gasteiger partial charge on any atom is 0.239 e. The first-order chi connectivity index (χ1) is 14.5. The second kappa shape index (κ2) is 9.78. The zero-order valence-electron chi connectivity index (χ0n) is 17.0. The topological polar surface area (TPSA) is 97.0 Å². The van der Waals surface area contributed by atoms with Gasteiger partial charge >= 0.3 is 0 Å². The number of nitrogens with one attached hydrogen (secondary N) is 2. The summed E-state index contributed by atoms with van der Waals surface area (Å²) in [7, 11) is 3.15. The number of hydrogen-bond donors (Lipinski definition) is 2. The van der Waals surface area contributed by atoms with E-state index in [1.54, 1.807) is 43.4 Å². The molecule has 0 aliphatic carbocycles. The van der Waals surface area contributed by atoms with Crippen molar-refractivity contribution in [3.63, 3.8) is 0 Å². The highest BCUT2D eigenvalue weighted by molar-refractivity contribution is 6.00. The summed E-state index contributed by atoms with van der Waals surface area (Å²) in [6.45, 7) is 0.481. The SMILES string of the molecule is COc1ccc(CNC(=O)CNC(=O)C2CC(=O)N(c3cccc(OC)c3)C2)cc1. The first-order valence-electron chi connectivity index (χ1n) is 9.62. The summed E-state index contributed by atoms with van der Waals surface area (Å²) in [5.74, 6) is 0.139. The lowest BCUT2D eigenvalue weighted by molar-refractivity contribution is -0.129. The molecular formula is C22H25N3O5. The number of methoxy groups -OCH3 is 2. The average molecular weight is 411 g/mol. The van der Waals surface area contributed by atoms with E-state index in [4.69, 9.17) is 9.47 Å². The quantitative estimate of drug-likeness (QED) is 0.686. The van der Waals surface area contributed by atoms with E-state index >= 15 is 0 Å². The van der Waals surface area contributed by atoms with Crippen molar-refractivity contribution in [1.82, 2.24) is 10.6 Å². The molecule has 8 heteroatoms. The molecule has 2 aromatic carbocycles. The molecule has 0 spiro atoms. The minimum atomic E-state index is -0.502. The van der Waals surface area contributed by atoms with Crippen LogP contribution in [0.15, 0.2) is 48.5 Å². The lowest BCUT2D eigenvalue weighted by Crippen LogP contribution is -2.40. The molecule has 2 aromatic rings. The fourth-order valence-electron chi connectivity index (χ4n) is 3.23. The summed E-state index contributed by atoms with van der Waals surface area (Å²) in [6.07, 6.45) is 0.108. The smallest absolute Gasteiger partial charge is 0.239 e. The molecule has 0 aromatic heterocycles. The molecule has 0 saturated carbocycles. The number of benzene rings is 2. The van der Waals surface area contributed by atoms with E-state index in [2.05, 4.69) is 10.6 Å². The number of carbonyl (C=O) groups excluding carboxylic acids is 3. The van der Waals surface area contributed by atoms with E-state index in [-0.39, 0.29) is 37.2 Å². The van der Waals surface area contributed by atoms with Gasteiger partial charge in [-0.25, -0.2) is 0 Å². The van der Waals surface area contributed by atoms with Crippen LogP contribution in [0.4, 0.5) is 5.69 Å². The van der Waals surface area contributed by atoms with E-state index in [9.17, 15) is 14.4 Å². The number of anilines is 1. The van der Waals surface area contributed by atoms with Crippen molar-refractivity contribution in [2.24, 2.45) is 5.92 Å². The van der Waals surface area contributed by atoms with Gasteiger partial charge in [0.05, 0.1) is 26.7 Å². The molecule has 2 N–H and O–H groups in total. The van der Waals surface area contributed by atoms with Crippen LogP contribution in [0.25, 0.3) is 0 Å². The van der Waals surface area contributed by atoms with Crippen LogP contribution < -0.4 is 25.0 Å². The molecule has 158 valence electrons. The van der Waals surface area contributed by atoms with Crippen LogP contribution in [0.5, 0.6) is 11.5 Å². The summed E-state index contributed by atoms with van der Waals surface area (Å²) in [6, 6.07) is 14.5. The molecule has 3 rings (SSSR count). The van der Waals surface area contributed by atoms with Crippen LogP contribution in [0.1, 0.15) is 12.0 Å². The third kappa shape index (κ3) is 5.28. The number of hydrogen-bond acceptors (Lipinski definition) is 5. The van der Waals surface area contributed by atoms with Gasteiger partial charge in [0.2, 0.25) is 17.7 Å². The summed E-state index contributed by atoms with van der Waals surface area (Å²) in [5, 5.41) is 5.37. The van der Waals surface area contributed by atoms with Crippen LogP contribution >= 0.6 is 0 Å². The minimum Gasteiger partial charge on any atom is -0.497 e. The van der Waals surface area contributed by atoms with E-state index in [1.165, 1.54) is 0 Å². The van der Waals surface area contributed by atoms with E-state index in [0.717, 1.165) is 11.3 Å². The third-order valence-corrected chi connectivity index (χ3v) is 4.93. The molecule has 1 fully saturated rings. The molecule has 1 aliphatic heterocycles. The van der Waals surface area contributed by atoms with Crippen LogP contribution in [-0.4, -0.2) is 45.0 Å². The average Bonchev–Trinajstić information content (AvgIpc) is 3.18. The van der Waals surface area contributed by atoms with Crippen molar-refractivity contribution in [3.05, 3.63) is 54.1 Å². The molecule has 0 radical (unpaired) electrons. The Morgan fingerprint density at radius 2 is 1.77 bits per heavy atom. The molecule has 30 heavy (non-hydrogen) atoms. The third-order valence-electron chi connectivity index (χ3n) is 4.93. The molecule has 1 heterocycles. The van der Waals surface area contributed by atoms with Crippen molar-refractivity contribution >= 4 is 23.4 Å². The van der Waals surface area contributed by atoms with E-state index < -0.39 is 5.92 Å². The van der Waals surface area contributed by atoms with Gasteiger partial charge < -0.3 is 25.0 Å². The monoisotopic (exact) mass is 411 g/mol. The Morgan fingerprint density at radius 3 is 2.47 bits per heavy atom. The van der Waals surface area contributed by atoms with Crippen LogP contribution in [0.2, 0.25) is 0 Å². The molecule has 1 aliphatic rings. The number of amides is 3. The molecular weight excluding hydrogens is 386 g/mol. The summed E-state index contributed by atoms with van der Waals surface area (Å²) < 4.78 is 10.3. The Bertz CT molecular complexity index is 913. The molecule has 1 saturated heterocycles. The Balaban J connectivity index is 1.46. The highest BCUT2D eigenvalue weighted by Gasteiger charge is 2.35. The maximum atomic E-state index is 12.4. The van der Waals surface area contributed by atoms with Crippen LogP contribution in [-0.2, 0) is 20.9 Å². The van der Waals surface area contributed by atoms with Crippen molar-refractivity contribution in [2.75, 3.05) is 32.2 Å². The largest absolute Gasteiger partial charge is 0.497 e. The standard InChI is InChI=1S/C22H25N3O5/c1-29-18-8-6-15(7-9-18)12-23-20(26)13-24-22(28)16-10-21(27)25(14-16)17-4-3-5-19(11-17)30-2/h3-9,11,16H,10,12-14H2,1-2H3,(H,23,26)(H,24,28). The zero-order valence-corrected chi connectivity index (χ0v) is 17.0. The molecule has 1 unspecified atom stereocenters. The van der Waals surface area contributed by atoms with Crippen molar-refractivity contribution in [3.8, 4) is 11.5 Å². The van der Waals surface area contributed by atoms with Crippen molar-refractivity contribution in [1.29, 1.82) is 0 Å². The fourth-order valence-corrected chi connectivity index (χ4v) is 3.23. The minimum absolute atomic E-state index is 0.108. The number of carbonyl (C=O) groups is 3. The molecule has 8 nitrogen and oxygen atoms in total. The fraction of sp³-hybridized carbons (Fsp3) is 0.318. The van der Waals surface area contributed by atoms with Gasteiger partial charge in [-0.3, -0.25) is 14.4 Å². The van der Waals surface area contributed by atoms with Crippen LogP contribution in [0.3, 0.4) is 0 Å². The van der Waals surface area contributed by atoms with E-state index in [1.807, 2.05) is 24.3 Å². The number of nitrogens with zero attached hydrogens (tertiary/aromatic N) is 1. The molecule has 1 atom stereocenters. The van der Waals surface area contributed by atoms with Gasteiger partial charge in [-0.2, -0.15) is 0 Å². The van der Waals surface area contributed by atoms with Gasteiger partial charge in [0, 0.05) is 31.3 Å². The normalized spacial score (nSPS) is 15.6. The predicted octanol–water partition coefficient (Wildman–Crippen LogP) is 1.49. The van der Waals surface area contributed by atoms with Gasteiger partial charge in [0.25, 0.3) is 0 Å². The van der Waals surface area contributed by atoms with E-state index in [0.29, 0.717) is 18.0 Å². The van der Waals surface area contributed by atoms with Gasteiger partial charge in [-0.15, -0.1) is 0 Å². The van der Waals surface area contributed by atoms with Gasteiger partial charge in [0.15, 0.2) is 0 Å². The van der Waals surface area contributed by atoms with Crippen LogP contribution in [0, 0.1) is 5.92 Å². The second-order valence-corrected chi connectivity index (χ2v) is 6.95. The first kappa shape index (κ1) is 21.2. The summed E-state index contributed by atoms with van der Waals surface area (Å²) >= 11 is 0. The maximum absolute atomic E-state index is 12.4. The predicted molar refractivity (Wildman–Crippen MR) is 111 cm³/mol. The Labute approximate surface area is 175 Å². The Kier molecular flexibility index (Phi) is 6.90. The van der Waals surface area contributed by atoms with Gasteiger partial charge in [0.1, 0.15) is 11.5 Å². The highest BCUT2D eigenvalue weighted by atomic mass is 16.5. The highest BCUT2D eigenvalue weighted by Crippen LogP contribution is 2.27. The van der Waals surface area contributed by atoms with Crippen molar-refractivity contribution < 1.29 is 23.9 Å². The summed E-state index contributed by atoms with van der Waals surface area (Å²) in [5.41, 5.74) is 1.61. The lowest BCUT2D eigenvalue weighted by Gasteiger charge is -2.17. The Morgan fingerprint density at radius 1 is 1.03 bits per heavy atom. The second-order valence-electron chi connectivity index (χ2n) is 6.95. The van der Waals surface area contributed by atoms with Gasteiger partial charge in [-0.05, 0) is 29.8 Å². The number of ether oxygens (including phenoxy) is 2. The van der Waals surface area contributed by atoms with Crippen molar-refractivity contribution in [2.45, 2.75) is 13.0 Å². The molecule has 0 bridgehead atoms. The van der Waals surface area contributed by atoms with Gasteiger partial charge in [-0.1, -0.05) is 18.2 Å². The summed E-state index contributed by atoms with van der Waals surface area (Å²) in [4.78, 5) is 38.4.